The summed E-state index contributed by atoms with van der Waals surface area (Å²) in [6, 6.07) is 3.09. The van der Waals surface area contributed by atoms with E-state index in [4.69, 9.17) is 0 Å². The molecule has 1 aliphatic rings. The molecule has 5 nitrogen and oxygen atoms in total. The van der Waals surface area contributed by atoms with Crippen LogP contribution in [0, 0.1) is 5.92 Å². The lowest BCUT2D eigenvalue weighted by molar-refractivity contribution is -0.141. The van der Waals surface area contributed by atoms with E-state index in [0.29, 0.717) is 6.20 Å². The largest absolute Gasteiger partial charge is 0.434 e. The third kappa shape index (κ3) is 5.21. The zero-order valence-corrected chi connectivity index (χ0v) is 16.7. The van der Waals surface area contributed by atoms with E-state index >= 15 is 0 Å². The van der Waals surface area contributed by atoms with Gasteiger partial charge < -0.3 is 10.6 Å². The van der Waals surface area contributed by atoms with Crippen molar-refractivity contribution in [1.29, 1.82) is 0 Å². The monoisotopic (exact) mass is 496 g/mol. The van der Waals surface area contributed by atoms with Crippen LogP contribution >= 0.6 is 15.9 Å². The summed E-state index contributed by atoms with van der Waals surface area (Å²) in [6.07, 6.45) is -6.33. The summed E-state index contributed by atoms with van der Waals surface area (Å²) in [6.45, 7) is 0.240. The number of halogens is 7. The van der Waals surface area contributed by atoms with Crippen molar-refractivity contribution in [3.8, 4) is 0 Å². The molecule has 0 aliphatic heterocycles. The third-order valence-electron chi connectivity index (χ3n) is 4.61. The van der Waals surface area contributed by atoms with Crippen LogP contribution in [0.2, 0.25) is 0 Å². The first kappa shape index (κ1) is 22.3. The number of nitrogens with one attached hydrogen (secondary N) is 2. The molecule has 1 aromatic heterocycles. The fraction of sp³-hybridized carbons (Fsp3) is 0.389. The number of hydrogen-bond acceptors (Lipinski definition) is 4. The molecule has 30 heavy (non-hydrogen) atoms. The lowest BCUT2D eigenvalue weighted by atomic mass is 9.85. The summed E-state index contributed by atoms with van der Waals surface area (Å²) in [5.41, 5.74) is -3.96. The molecular weight excluding hydrogens is 482 g/mol. The minimum Gasteiger partial charge on any atom is -0.352 e. The van der Waals surface area contributed by atoms with Gasteiger partial charge in [-0.25, -0.2) is 9.97 Å². The Morgan fingerprint density at radius 2 is 1.83 bits per heavy atom. The quantitative estimate of drug-likeness (QED) is 0.532. The standard InChI is InChI=1S/C18H15BrF6N4O/c19-10-4-5-13(12(6-10)17(20,21)22)28-16-27-8-11(14(29-16)18(23,24)25)15(30)26-7-9-2-1-3-9/h4-6,8-9H,1-3,7H2,(H,26,30)(H,27,28,29). The number of rotatable bonds is 5. The van der Waals surface area contributed by atoms with E-state index in [1.165, 1.54) is 6.07 Å². The molecule has 1 heterocycles. The van der Waals surface area contributed by atoms with Crippen molar-refractivity contribution in [3.05, 3.63) is 45.7 Å². The highest BCUT2D eigenvalue weighted by Crippen LogP contribution is 2.38. The van der Waals surface area contributed by atoms with E-state index in [9.17, 15) is 31.1 Å². The minimum atomic E-state index is -5.00. The van der Waals surface area contributed by atoms with Crippen molar-refractivity contribution in [2.75, 3.05) is 11.9 Å². The molecule has 162 valence electrons. The van der Waals surface area contributed by atoms with Crippen LogP contribution in [0.25, 0.3) is 0 Å². The van der Waals surface area contributed by atoms with E-state index in [-0.39, 0.29) is 16.9 Å². The van der Waals surface area contributed by atoms with Crippen LogP contribution in [-0.4, -0.2) is 22.4 Å². The molecule has 1 saturated carbocycles. The maximum Gasteiger partial charge on any atom is 0.434 e. The first-order valence-electron chi connectivity index (χ1n) is 8.81. The molecular formula is C18H15BrF6N4O. The lowest BCUT2D eigenvalue weighted by Crippen LogP contribution is -2.33. The Bertz CT molecular complexity index is 943. The van der Waals surface area contributed by atoms with Crippen molar-refractivity contribution in [2.24, 2.45) is 5.92 Å². The smallest absolute Gasteiger partial charge is 0.352 e. The van der Waals surface area contributed by atoms with Gasteiger partial charge in [0.05, 0.1) is 16.8 Å². The number of carbonyl (C=O) groups is 1. The number of benzene rings is 1. The molecule has 2 N–H and O–H groups in total. The van der Waals surface area contributed by atoms with Crippen molar-refractivity contribution < 1.29 is 31.1 Å². The highest BCUT2D eigenvalue weighted by Gasteiger charge is 2.39. The summed E-state index contributed by atoms with van der Waals surface area (Å²) >= 11 is 2.92. The summed E-state index contributed by atoms with van der Waals surface area (Å²) in [4.78, 5) is 19.1. The number of amides is 1. The maximum atomic E-state index is 13.4. The second-order valence-corrected chi connectivity index (χ2v) is 7.69. The highest BCUT2D eigenvalue weighted by atomic mass is 79.9. The van der Waals surface area contributed by atoms with Crippen molar-refractivity contribution in [3.63, 3.8) is 0 Å². The molecule has 3 rings (SSSR count). The SMILES string of the molecule is O=C(NCC1CCC1)c1cnc(Nc2ccc(Br)cc2C(F)(F)F)nc1C(F)(F)F. The molecule has 2 aromatic rings. The van der Waals surface area contributed by atoms with E-state index in [2.05, 4.69) is 36.5 Å². The average molecular weight is 497 g/mol. The Morgan fingerprint density at radius 3 is 2.40 bits per heavy atom. The Kier molecular flexibility index (Phi) is 6.25. The van der Waals surface area contributed by atoms with Crippen LogP contribution in [-0.2, 0) is 12.4 Å². The lowest BCUT2D eigenvalue weighted by Gasteiger charge is -2.25. The van der Waals surface area contributed by atoms with E-state index in [0.717, 1.165) is 31.4 Å². The zero-order valence-electron chi connectivity index (χ0n) is 15.2. The Labute approximate surface area is 175 Å². The van der Waals surface area contributed by atoms with Crippen molar-refractivity contribution in [2.45, 2.75) is 31.6 Å². The molecule has 1 aromatic carbocycles. The normalized spacial score (nSPS) is 14.9. The molecule has 0 spiro atoms. The van der Waals surface area contributed by atoms with Gasteiger partial charge in [-0.05, 0) is 37.0 Å². The van der Waals surface area contributed by atoms with Crippen LogP contribution in [0.5, 0.6) is 0 Å². The predicted octanol–water partition coefficient (Wildman–Crippen LogP) is 5.55. The number of alkyl halides is 6. The summed E-state index contributed by atoms with van der Waals surface area (Å²) < 4.78 is 80.1. The molecule has 1 aliphatic carbocycles. The molecule has 0 atom stereocenters. The number of nitrogens with zero attached hydrogens (tertiary/aromatic N) is 2. The number of hydrogen-bond donors (Lipinski definition) is 2. The van der Waals surface area contributed by atoms with Crippen molar-refractivity contribution >= 4 is 33.5 Å². The molecule has 0 bridgehead atoms. The second kappa shape index (κ2) is 8.40. The Morgan fingerprint density at radius 1 is 1.13 bits per heavy atom. The van der Waals surface area contributed by atoms with Crippen LogP contribution in [0.15, 0.2) is 28.9 Å². The number of carbonyl (C=O) groups excluding carboxylic acids is 1. The van der Waals surface area contributed by atoms with Crippen LogP contribution in [0.3, 0.4) is 0 Å². The first-order chi connectivity index (χ1) is 13.9. The predicted molar refractivity (Wildman–Crippen MR) is 99.1 cm³/mol. The molecule has 0 saturated heterocycles. The van der Waals surface area contributed by atoms with Crippen LogP contribution in [0.4, 0.5) is 38.0 Å². The first-order valence-corrected chi connectivity index (χ1v) is 9.60. The molecule has 0 radical (unpaired) electrons. The average Bonchev–Trinajstić information content (AvgIpc) is 2.60. The summed E-state index contributed by atoms with van der Waals surface area (Å²) in [5, 5.41) is 4.58. The van der Waals surface area contributed by atoms with Gasteiger partial charge in [0, 0.05) is 17.2 Å². The minimum absolute atomic E-state index is 0.135. The molecule has 0 unspecified atom stereocenters. The van der Waals surface area contributed by atoms with Crippen LogP contribution in [0.1, 0.15) is 40.9 Å². The van der Waals surface area contributed by atoms with Gasteiger partial charge in [-0.15, -0.1) is 0 Å². The Balaban J connectivity index is 1.89. The molecule has 12 heteroatoms. The number of aromatic nitrogens is 2. The van der Waals surface area contributed by atoms with Gasteiger partial charge in [0.1, 0.15) is 0 Å². The van der Waals surface area contributed by atoms with Gasteiger partial charge in [-0.2, -0.15) is 26.3 Å². The number of anilines is 2. The molecule has 1 amide bonds. The second-order valence-electron chi connectivity index (χ2n) is 6.77. The van der Waals surface area contributed by atoms with Gasteiger partial charge in [0.2, 0.25) is 5.95 Å². The van der Waals surface area contributed by atoms with E-state index in [1.54, 1.807) is 0 Å². The molecule has 1 fully saturated rings. The maximum absolute atomic E-state index is 13.4. The highest BCUT2D eigenvalue weighted by molar-refractivity contribution is 9.10. The van der Waals surface area contributed by atoms with Crippen LogP contribution < -0.4 is 10.6 Å². The summed E-state index contributed by atoms with van der Waals surface area (Å²) in [5.74, 6) is -1.48. The fourth-order valence-corrected chi connectivity index (χ4v) is 3.20. The van der Waals surface area contributed by atoms with E-state index < -0.39 is 46.7 Å². The van der Waals surface area contributed by atoms with Gasteiger partial charge in [0.25, 0.3) is 5.91 Å². The van der Waals surface area contributed by atoms with Gasteiger partial charge in [0.15, 0.2) is 5.69 Å². The third-order valence-corrected chi connectivity index (χ3v) is 5.10. The van der Waals surface area contributed by atoms with E-state index in [1.807, 2.05) is 0 Å². The topological polar surface area (TPSA) is 66.9 Å². The fourth-order valence-electron chi connectivity index (χ4n) is 2.83. The van der Waals surface area contributed by atoms with Gasteiger partial charge in [-0.1, -0.05) is 22.4 Å². The van der Waals surface area contributed by atoms with Gasteiger partial charge >= 0.3 is 12.4 Å². The van der Waals surface area contributed by atoms with Gasteiger partial charge in [-0.3, -0.25) is 4.79 Å². The zero-order chi connectivity index (χ0) is 22.1. The van der Waals surface area contributed by atoms with Crippen molar-refractivity contribution in [1.82, 2.24) is 15.3 Å². The summed E-state index contributed by atoms with van der Waals surface area (Å²) in [7, 11) is 0. The Hall–Kier alpha value is -2.37.